The van der Waals surface area contributed by atoms with Gasteiger partial charge in [0.1, 0.15) is 0 Å². The van der Waals surface area contributed by atoms with E-state index in [2.05, 4.69) is 10.2 Å². The molecule has 0 bridgehead atoms. The lowest BCUT2D eigenvalue weighted by Gasteiger charge is -2.16. The summed E-state index contributed by atoms with van der Waals surface area (Å²) in [6.07, 6.45) is -0.888. The van der Waals surface area contributed by atoms with E-state index in [1.165, 1.54) is 17.0 Å². The first-order valence-corrected chi connectivity index (χ1v) is 7.80. The molecular formula is C17H14N4O3S. The first kappa shape index (κ1) is 16.7. The molecule has 7 nitrogen and oxygen atoms in total. The number of benzene rings is 2. The molecule has 25 heavy (non-hydrogen) atoms. The number of carboxylic acids is 1. The van der Waals surface area contributed by atoms with Gasteiger partial charge in [0.05, 0.1) is 16.9 Å². The molecule has 0 radical (unpaired) electrons. The van der Waals surface area contributed by atoms with Crippen molar-refractivity contribution in [2.24, 2.45) is 10.2 Å². The van der Waals surface area contributed by atoms with Crippen LogP contribution in [0.3, 0.4) is 0 Å². The molecule has 0 spiro atoms. The van der Waals surface area contributed by atoms with Crippen molar-refractivity contribution in [2.75, 3.05) is 11.9 Å². The van der Waals surface area contributed by atoms with E-state index < -0.39 is 12.1 Å². The molecule has 1 fully saturated rings. The molecule has 0 saturated carbocycles. The number of amides is 1. The van der Waals surface area contributed by atoms with Crippen LogP contribution in [0.2, 0.25) is 0 Å². The molecule has 0 aliphatic carbocycles. The van der Waals surface area contributed by atoms with Crippen molar-refractivity contribution in [2.45, 2.75) is 6.17 Å². The highest BCUT2D eigenvalue weighted by Gasteiger charge is 2.41. The first-order valence-electron chi connectivity index (χ1n) is 7.39. The summed E-state index contributed by atoms with van der Waals surface area (Å²) in [7, 11) is 1.67. The number of thiocarbonyl (C=S) groups is 1. The Labute approximate surface area is 149 Å². The largest absolute Gasteiger partial charge is 0.478 e. The van der Waals surface area contributed by atoms with Crippen molar-refractivity contribution in [3.8, 4) is 0 Å². The number of hydrogen-bond acceptors (Lipinski definition) is 5. The molecule has 1 heterocycles. The first-order chi connectivity index (χ1) is 12.0. The molecule has 0 aromatic heterocycles. The minimum atomic E-state index is -1.05. The summed E-state index contributed by atoms with van der Waals surface area (Å²) < 4.78 is 0. The molecule has 8 heteroatoms. The van der Waals surface area contributed by atoms with Crippen LogP contribution in [-0.2, 0) is 4.79 Å². The van der Waals surface area contributed by atoms with Gasteiger partial charge in [0, 0.05) is 7.05 Å². The Balaban J connectivity index is 1.85. The van der Waals surface area contributed by atoms with Gasteiger partial charge in [-0.3, -0.25) is 9.69 Å². The van der Waals surface area contributed by atoms with Gasteiger partial charge in [-0.05, 0) is 42.5 Å². The number of likely N-dealkylation sites (N-methyl/N-ethyl adjacent to an activating group) is 1. The van der Waals surface area contributed by atoms with Crippen LogP contribution < -0.4 is 4.90 Å². The Bertz CT molecular complexity index is 869. The Kier molecular flexibility index (Phi) is 4.53. The van der Waals surface area contributed by atoms with Crippen molar-refractivity contribution >= 4 is 40.6 Å². The SMILES string of the molecule is CN1C(=S)N(c2ccccc2)C(=O)[C@H]1N=Nc1cccc(C(=O)O)c1. The summed E-state index contributed by atoms with van der Waals surface area (Å²) in [5, 5.41) is 17.4. The molecule has 3 rings (SSSR count). The van der Waals surface area contributed by atoms with Crippen molar-refractivity contribution in [1.82, 2.24) is 4.90 Å². The lowest BCUT2D eigenvalue weighted by Crippen LogP contribution is -2.30. The molecule has 1 amide bonds. The number of carboxylic acid groups (broad SMARTS) is 1. The molecule has 1 aliphatic heterocycles. The summed E-state index contributed by atoms with van der Waals surface area (Å²) >= 11 is 5.34. The third-order valence-corrected chi connectivity index (χ3v) is 4.16. The highest BCUT2D eigenvalue weighted by Crippen LogP contribution is 2.26. The second-order valence-electron chi connectivity index (χ2n) is 5.35. The van der Waals surface area contributed by atoms with Crippen LogP contribution in [-0.4, -0.2) is 40.2 Å². The van der Waals surface area contributed by atoms with E-state index in [0.29, 0.717) is 16.5 Å². The lowest BCUT2D eigenvalue weighted by molar-refractivity contribution is -0.119. The smallest absolute Gasteiger partial charge is 0.335 e. The Morgan fingerprint density at radius 3 is 2.56 bits per heavy atom. The van der Waals surface area contributed by atoms with Gasteiger partial charge in [0.2, 0.25) is 6.17 Å². The fraction of sp³-hybridized carbons (Fsp3) is 0.118. The van der Waals surface area contributed by atoms with Crippen LogP contribution >= 0.6 is 12.2 Å². The standard InChI is InChI=1S/C17H14N4O3S/c1-20-14(19-18-12-7-5-6-11(10-12)16(23)24)15(22)21(17(20)25)13-8-3-2-4-9-13/h2-10,14H,1H3,(H,23,24)/t14-/m0/s1. The predicted molar refractivity (Wildman–Crippen MR) is 96.0 cm³/mol. The molecule has 2 aromatic carbocycles. The number of para-hydroxylation sites is 1. The van der Waals surface area contributed by atoms with E-state index in [-0.39, 0.29) is 11.5 Å². The molecule has 1 N–H and O–H groups in total. The number of rotatable bonds is 4. The van der Waals surface area contributed by atoms with E-state index >= 15 is 0 Å². The Morgan fingerprint density at radius 1 is 1.16 bits per heavy atom. The number of hydrogen-bond donors (Lipinski definition) is 1. The fourth-order valence-electron chi connectivity index (χ4n) is 2.40. The van der Waals surface area contributed by atoms with E-state index in [4.69, 9.17) is 17.3 Å². The maximum atomic E-state index is 12.7. The zero-order valence-electron chi connectivity index (χ0n) is 13.2. The minimum Gasteiger partial charge on any atom is -0.478 e. The third-order valence-electron chi connectivity index (χ3n) is 3.69. The quantitative estimate of drug-likeness (QED) is 0.674. The van der Waals surface area contributed by atoms with Crippen LogP contribution in [0.25, 0.3) is 0 Å². The Morgan fingerprint density at radius 2 is 1.88 bits per heavy atom. The average Bonchev–Trinajstić information content (AvgIpc) is 2.83. The van der Waals surface area contributed by atoms with Crippen molar-refractivity contribution in [3.05, 3.63) is 60.2 Å². The number of anilines is 1. The van der Waals surface area contributed by atoms with Crippen LogP contribution in [0.15, 0.2) is 64.8 Å². The number of carbonyl (C=O) groups is 2. The van der Waals surface area contributed by atoms with Crippen LogP contribution in [0, 0.1) is 0 Å². The van der Waals surface area contributed by atoms with Crippen LogP contribution in [0.4, 0.5) is 11.4 Å². The lowest BCUT2D eigenvalue weighted by atomic mass is 10.2. The van der Waals surface area contributed by atoms with E-state index in [9.17, 15) is 9.59 Å². The molecule has 2 aromatic rings. The van der Waals surface area contributed by atoms with E-state index in [1.54, 1.807) is 36.2 Å². The van der Waals surface area contributed by atoms with Crippen molar-refractivity contribution in [1.29, 1.82) is 0 Å². The van der Waals surface area contributed by atoms with Crippen molar-refractivity contribution in [3.63, 3.8) is 0 Å². The van der Waals surface area contributed by atoms with E-state index in [0.717, 1.165) is 0 Å². The van der Waals surface area contributed by atoms with Gasteiger partial charge in [-0.1, -0.05) is 24.3 Å². The second kappa shape index (κ2) is 6.78. The number of azo groups is 1. The average molecular weight is 354 g/mol. The summed E-state index contributed by atoms with van der Waals surface area (Å²) in [6.45, 7) is 0. The van der Waals surface area contributed by atoms with Crippen LogP contribution in [0.5, 0.6) is 0 Å². The van der Waals surface area contributed by atoms with Gasteiger partial charge < -0.3 is 10.0 Å². The maximum Gasteiger partial charge on any atom is 0.335 e. The third kappa shape index (κ3) is 3.24. The zero-order chi connectivity index (χ0) is 18.0. The number of nitrogens with zero attached hydrogens (tertiary/aromatic N) is 4. The zero-order valence-corrected chi connectivity index (χ0v) is 14.1. The number of aromatic carboxylic acids is 1. The highest BCUT2D eigenvalue weighted by atomic mass is 32.1. The van der Waals surface area contributed by atoms with Gasteiger partial charge in [-0.2, -0.15) is 10.2 Å². The summed E-state index contributed by atoms with van der Waals surface area (Å²) in [5.74, 6) is -1.36. The van der Waals surface area contributed by atoms with E-state index in [1.807, 2.05) is 18.2 Å². The molecular weight excluding hydrogens is 340 g/mol. The highest BCUT2D eigenvalue weighted by molar-refractivity contribution is 7.80. The predicted octanol–water partition coefficient (Wildman–Crippen LogP) is 3.06. The van der Waals surface area contributed by atoms with Crippen LogP contribution in [0.1, 0.15) is 10.4 Å². The molecule has 0 unspecified atom stereocenters. The Hall–Kier alpha value is -3.13. The summed E-state index contributed by atoms with van der Waals surface area (Å²) in [6, 6.07) is 15.1. The molecule has 1 saturated heterocycles. The van der Waals surface area contributed by atoms with Gasteiger partial charge in [0.25, 0.3) is 5.91 Å². The molecule has 1 aliphatic rings. The molecule has 1 atom stereocenters. The van der Waals surface area contributed by atoms with Gasteiger partial charge >= 0.3 is 5.97 Å². The molecule has 126 valence electrons. The van der Waals surface area contributed by atoms with Crippen molar-refractivity contribution < 1.29 is 14.7 Å². The minimum absolute atomic E-state index is 0.101. The maximum absolute atomic E-state index is 12.7. The summed E-state index contributed by atoms with van der Waals surface area (Å²) in [5.41, 5.74) is 1.11. The monoisotopic (exact) mass is 354 g/mol. The number of carbonyl (C=O) groups excluding carboxylic acids is 1. The normalized spacial score (nSPS) is 17.6. The topological polar surface area (TPSA) is 85.6 Å². The fourth-order valence-corrected chi connectivity index (χ4v) is 2.70. The summed E-state index contributed by atoms with van der Waals surface area (Å²) in [4.78, 5) is 26.6. The van der Waals surface area contributed by atoms with Gasteiger partial charge in [-0.15, -0.1) is 0 Å². The van der Waals surface area contributed by atoms with Gasteiger partial charge in [0.15, 0.2) is 5.11 Å². The second-order valence-corrected chi connectivity index (χ2v) is 5.71. The van der Waals surface area contributed by atoms with Gasteiger partial charge in [-0.25, -0.2) is 4.79 Å².